The molecule has 5 rings (SSSR count). The number of aryl methyl sites for hydroxylation is 2. The SMILES string of the molecule is Cc1ccc(Oc2cc3c(cc2S(=O)(=O)N2CCCCC2)C(=O)Nc2ccccc2O3)cc1C. The van der Waals surface area contributed by atoms with Crippen molar-refractivity contribution in [1.82, 2.24) is 4.31 Å². The summed E-state index contributed by atoms with van der Waals surface area (Å²) in [6, 6.07) is 15.5. The number of amides is 1. The Morgan fingerprint density at radius 3 is 2.44 bits per heavy atom. The van der Waals surface area contributed by atoms with Crippen molar-refractivity contribution in [2.24, 2.45) is 0 Å². The van der Waals surface area contributed by atoms with Crippen LogP contribution in [-0.4, -0.2) is 31.7 Å². The number of carbonyl (C=O) groups excluding carboxylic acids is 1. The summed E-state index contributed by atoms with van der Waals surface area (Å²) in [5.41, 5.74) is 2.78. The number of ether oxygens (including phenoxy) is 2. The molecule has 0 aromatic heterocycles. The van der Waals surface area contributed by atoms with E-state index >= 15 is 0 Å². The van der Waals surface area contributed by atoms with Gasteiger partial charge in [0, 0.05) is 19.2 Å². The number of piperidine rings is 1. The molecule has 0 radical (unpaired) electrons. The number of benzene rings is 3. The highest BCUT2D eigenvalue weighted by molar-refractivity contribution is 7.89. The molecule has 3 aromatic carbocycles. The van der Waals surface area contributed by atoms with E-state index in [4.69, 9.17) is 9.47 Å². The summed E-state index contributed by atoms with van der Waals surface area (Å²) in [5, 5.41) is 2.81. The fourth-order valence-electron chi connectivity index (χ4n) is 4.20. The predicted molar refractivity (Wildman–Crippen MR) is 130 cm³/mol. The Labute approximate surface area is 199 Å². The number of sulfonamides is 1. The third kappa shape index (κ3) is 4.15. The maximum atomic E-state index is 13.7. The van der Waals surface area contributed by atoms with Crippen molar-refractivity contribution >= 4 is 21.6 Å². The summed E-state index contributed by atoms with van der Waals surface area (Å²) >= 11 is 0. The maximum Gasteiger partial charge on any atom is 0.259 e. The molecule has 1 amide bonds. The zero-order valence-corrected chi connectivity index (χ0v) is 19.9. The van der Waals surface area contributed by atoms with Gasteiger partial charge in [-0.3, -0.25) is 4.79 Å². The molecule has 0 spiro atoms. The van der Waals surface area contributed by atoms with Gasteiger partial charge < -0.3 is 14.8 Å². The minimum absolute atomic E-state index is 0.0453. The van der Waals surface area contributed by atoms with Crippen LogP contribution in [0.25, 0.3) is 0 Å². The lowest BCUT2D eigenvalue weighted by Gasteiger charge is -2.27. The molecule has 1 N–H and O–H groups in total. The Hall–Kier alpha value is -3.36. The number of hydrogen-bond donors (Lipinski definition) is 1. The van der Waals surface area contributed by atoms with Gasteiger partial charge in [-0.1, -0.05) is 24.6 Å². The van der Waals surface area contributed by atoms with Gasteiger partial charge in [-0.2, -0.15) is 4.31 Å². The van der Waals surface area contributed by atoms with E-state index in [1.54, 1.807) is 30.3 Å². The highest BCUT2D eigenvalue weighted by Gasteiger charge is 2.33. The second-order valence-corrected chi connectivity index (χ2v) is 10.6. The van der Waals surface area contributed by atoms with Crippen LogP contribution in [0.15, 0.2) is 59.5 Å². The van der Waals surface area contributed by atoms with Gasteiger partial charge in [-0.05, 0) is 68.1 Å². The summed E-state index contributed by atoms with van der Waals surface area (Å²) in [6.07, 6.45) is 2.60. The minimum atomic E-state index is -3.89. The Bertz CT molecular complexity index is 1380. The molecule has 1 fully saturated rings. The highest BCUT2D eigenvalue weighted by Crippen LogP contribution is 2.42. The monoisotopic (exact) mass is 478 g/mol. The average Bonchev–Trinajstić information content (AvgIpc) is 2.96. The van der Waals surface area contributed by atoms with Gasteiger partial charge in [0.05, 0.1) is 11.3 Å². The number of hydrogen-bond acceptors (Lipinski definition) is 5. The average molecular weight is 479 g/mol. The van der Waals surface area contributed by atoms with Crippen molar-refractivity contribution in [3.8, 4) is 23.0 Å². The van der Waals surface area contributed by atoms with Crippen molar-refractivity contribution in [1.29, 1.82) is 0 Å². The fourth-order valence-corrected chi connectivity index (χ4v) is 5.84. The van der Waals surface area contributed by atoms with Gasteiger partial charge in [0.1, 0.15) is 16.4 Å². The summed E-state index contributed by atoms with van der Waals surface area (Å²) in [4.78, 5) is 13.0. The third-order valence-electron chi connectivity index (χ3n) is 6.28. The van der Waals surface area contributed by atoms with E-state index in [-0.39, 0.29) is 22.0 Å². The second kappa shape index (κ2) is 8.77. The lowest BCUT2D eigenvalue weighted by atomic mass is 10.1. The summed E-state index contributed by atoms with van der Waals surface area (Å²) in [5.74, 6) is 0.904. The molecule has 0 saturated carbocycles. The Kier molecular flexibility index (Phi) is 5.79. The van der Waals surface area contributed by atoms with E-state index in [1.165, 1.54) is 16.4 Å². The molecule has 8 heteroatoms. The van der Waals surface area contributed by atoms with Gasteiger partial charge >= 0.3 is 0 Å². The zero-order valence-electron chi connectivity index (χ0n) is 19.1. The molecule has 7 nitrogen and oxygen atoms in total. The Morgan fingerprint density at radius 2 is 1.68 bits per heavy atom. The van der Waals surface area contributed by atoms with Crippen LogP contribution in [0.4, 0.5) is 5.69 Å². The van der Waals surface area contributed by atoms with Crippen LogP contribution in [0.1, 0.15) is 40.7 Å². The quantitative estimate of drug-likeness (QED) is 0.525. The van der Waals surface area contributed by atoms with Crippen LogP contribution in [0.5, 0.6) is 23.0 Å². The van der Waals surface area contributed by atoms with Gasteiger partial charge in [0.25, 0.3) is 5.91 Å². The fraction of sp³-hybridized carbons (Fsp3) is 0.269. The second-order valence-electron chi connectivity index (χ2n) is 8.66. The number of para-hydroxylation sites is 2. The molecule has 3 aromatic rings. The van der Waals surface area contributed by atoms with E-state index < -0.39 is 15.9 Å². The summed E-state index contributed by atoms with van der Waals surface area (Å²) in [7, 11) is -3.89. The smallest absolute Gasteiger partial charge is 0.259 e. The molecule has 34 heavy (non-hydrogen) atoms. The molecule has 2 heterocycles. The molecule has 0 unspecified atom stereocenters. The van der Waals surface area contributed by atoms with Crippen LogP contribution >= 0.6 is 0 Å². The van der Waals surface area contributed by atoms with Crippen LogP contribution in [0.3, 0.4) is 0 Å². The maximum absolute atomic E-state index is 13.7. The van der Waals surface area contributed by atoms with Crippen molar-refractivity contribution in [3.05, 3.63) is 71.3 Å². The number of fused-ring (bicyclic) bond motifs is 2. The topological polar surface area (TPSA) is 84.9 Å². The van der Waals surface area contributed by atoms with E-state index in [0.717, 1.165) is 30.4 Å². The van der Waals surface area contributed by atoms with E-state index in [2.05, 4.69) is 5.32 Å². The molecule has 176 valence electrons. The first-order valence-corrected chi connectivity index (χ1v) is 12.8. The largest absolute Gasteiger partial charge is 0.456 e. The number of anilines is 1. The molecular weight excluding hydrogens is 452 g/mol. The normalized spacial score (nSPS) is 16.0. The van der Waals surface area contributed by atoms with Crippen LogP contribution in [0.2, 0.25) is 0 Å². The van der Waals surface area contributed by atoms with Crippen molar-refractivity contribution < 1.29 is 22.7 Å². The molecule has 0 bridgehead atoms. The summed E-state index contributed by atoms with van der Waals surface area (Å²) in [6.45, 7) is 4.85. The first-order valence-electron chi connectivity index (χ1n) is 11.3. The standard InChI is InChI=1S/C26H26N2O5S/c1-17-10-11-19(14-18(17)2)32-24-16-23-20(26(29)27-21-8-4-5-9-22(21)33-23)15-25(24)34(30,31)28-12-6-3-7-13-28/h4-5,8-11,14-16H,3,6-7,12-13H2,1-2H3,(H,27,29). The van der Waals surface area contributed by atoms with E-state index in [1.807, 2.05) is 26.0 Å². The molecule has 0 aliphatic carbocycles. The Morgan fingerprint density at radius 1 is 0.912 bits per heavy atom. The van der Waals surface area contributed by atoms with Gasteiger partial charge in [-0.15, -0.1) is 0 Å². The molecule has 1 saturated heterocycles. The third-order valence-corrected chi connectivity index (χ3v) is 8.20. The van der Waals surface area contributed by atoms with Crippen LogP contribution in [0, 0.1) is 13.8 Å². The zero-order chi connectivity index (χ0) is 23.9. The number of nitrogens with zero attached hydrogens (tertiary/aromatic N) is 1. The summed E-state index contributed by atoms with van der Waals surface area (Å²) < 4.78 is 41.0. The lowest BCUT2D eigenvalue weighted by molar-refractivity contribution is 0.102. The van der Waals surface area contributed by atoms with E-state index in [9.17, 15) is 13.2 Å². The number of carbonyl (C=O) groups is 1. The van der Waals surface area contributed by atoms with Crippen molar-refractivity contribution in [3.63, 3.8) is 0 Å². The molecule has 2 aliphatic heterocycles. The lowest BCUT2D eigenvalue weighted by Crippen LogP contribution is -2.35. The number of rotatable bonds is 4. The Balaban J connectivity index is 1.65. The van der Waals surface area contributed by atoms with Crippen LogP contribution < -0.4 is 14.8 Å². The molecule has 0 atom stereocenters. The van der Waals surface area contributed by atoms with Crippen LogP contribution in [-0.2, 0) is 10.0 Å². The van der Waals surface area contributed by atoms with Crippen molar-refractivity contribution in [2.75, 3.05) is 18.4 Å². The molecule has 2 aliphatic rings. The first-order chi connectivity index (χ1) is 16.3. The van der Waals surface area contributed by atoms with Gasteiger partial charge in [0.2, 0.25) is 10.0 Å². The number of nitrogens with one attached hydrogen (secondary N) is 1. The predicted octanol–water partition coefficient (Wildman–Crippen LogP) is 5.63. The first kappa shape index (κ1) is 22.4. The van der Waals surface area contributed by atoms with E-state index in [0.29, 0.717) is 30.3 Å². The highest BCUT2D eigenvalue weighted by atomic mass is 32.2. The van der Waals surface area contributed by atoms with Crippen molar-refractivity contribution in [2.45, 2.75) is 38.0 Å². The molecular formula is C26H26N2O5S. The minimum Gasteiger partial charge on any atom is -0.456 e. The van der Waals surface area contributed by atoms with Gasteiger partial charge in [-0.25, -0.2) is 8.42 Å². The van der Waals surface area contributed by atoms with Gasteiger partial charge in [0.15, 0.2) is 11.5 Å².